The highest BCUT2D eigenvalue weighted by atomic mass is 16.5. The van der Waals surface area contributed by atoms with E-state index >= 15 is 0 Å². The largest absolute Gasteiger partial charge is 0.507 e. The molecule has 0 spiro atoms. The Morgan fingerprint density at radius 3 is 2.29 bits per heavy atom. The van der Waals surface area contributed by atoms with Crippen LogP contribution in [0.1, 0.15) is 74.8 Å². The molecule has 9 heteroatoms. The van der Waals surface area contributed by atoms with Crippen LogP contribution in [0, 0.1) is 0 Å². The zero-order valence-electron chi connectivity index (χ0n) is 16.7. The molecule has 0 amide bonds. The van der Waals surface area contributed by atoms with Gasteiger partial charge in [0, 0.05) is 23.1 Å². The van der Waals surface area contributed by atoms with Crippen molar-refractivity contribution >= 4 is 17.5 Å². The predicted octanol–water partition coefficient (Wildman–Crippen LogP) is 1.41. The maximum atomic E-state index is 13.1. The van der Waals surface area contributed by atoms with Gasteiger partial charge in [0.1, 0.15) is 23.2 Å². The van der Waals surface area contributed by atoms with Crippen molar-refractivity contribution in [3.63, 3.8) is 0 Å². The molecule has 2 aromatic carbocycles. The van der Waals surface area contributed by atoms with Gasteiger partial charge in [-0.1, -0.05) is 19.1 Å². The maximum Gasteiger partial charge on any atom is 0.316 e. The van der Waals surface area contributed by atoms with Gasteiger partial charge in [0.05, 0.1) is 35.5 Å². The van der Waals surface area contributed by atoms with Crippen molar-refractivity contribution in [3.05, 3.63) is 51.6 Å². The SMILES string of the molecule is CC[C@@]1(O)C[C@H](O)c2c(O)c3c(c(O)c2[C@@H]1C(=O)OC)C(=O)c1cccc(O)c1C3=O. The van der Waals surface area contributed by atoms with Crippen LogP contribution in [0.2, 0.25) is 0 Å². The first-order valence-corrected chi connectivity index (χ1v) is 9.60. The number of carbonyl (C=O) groups excluding carboxylic acids is 3. The Hall–Kier alpha value is -3.43. The van der Waals surface area contributed by atoms with E-state index in [0.717, 1.165) is 7.11 Å². The molecular weight excluding hydrogens is 408 g/mol. The molecular formula is C22H20O9. The summed E-state index contributed by atoms with van der Waals surface area (Å²) in [6.45, 7) is 1.57. The summed E-state index contributed by atoms with van der Waals surface area (Å²) in [5.74, 6) is -6.33. The van der Waals surface area contributed by atoms with Crippen LogP contribution >= 0.6 is 0 Å². The summed E-state index contributed by atoms with van der Waals surface area (Å²) in [6, 6.07) is 3.83. The van der Waals surface area contributed by atoms with E-state index in [2.05, 4.69) is 0 Å². The van der Waals surface area contributed by atoms with Crippen molar-refractivity contribution in [2.75, 3.05) is 7.11 Å². The number of aromatic hydroxyl groups is 3. The number of aliphatic hydroxyl groups excluding tert-OH is 1. The van der Waals surface area contributed by atoms with E-state index in [1.165, 1.54) is 18.2 Å². The average Bonchev–Trinajstić information content (AvgIpc) is 2.73. The van der Waals surface area contributed by atoms with Crippen LogP contribution in [0.5, 0.6) is 17.2 Å². The van der Waals surface area contributed by atoms with Crippen molar-refractivity contribution < 1.29 is 44.7 Å². The third-order valence-electron chi connectivity index (χ3n) is 6.25. The molecule has 162 valence electrons. The number of ketones is 2. The third-order valence-corrected chi connectivity index (χ3v) is 6.25. The van der Waals surface area contributed by atoms with Crippen molar-refractivity contribution in [2.45, 2.75) is 37.4 Å². The molecule has 0 unspecified atom stereocenters. The predicted molar refractivity (Wildman–Crippen MR) is 104 cm³/mol. The molecule has 0 bridgehead atoms. The minimum atomic E-state index is -1.84. The van der Waals surface area contributed by atoms with Crippen LogP contribution in [-0.2, 0) is 9.53 Å². The number of hydrogen-bond acceptors (Lipinski definition) is 9. The van der Waals surface area contributed by atoms with Crippen LogP contribution in [0.25, 0.3) is 0 Å². The Bertz CT molecular complexity index is 1170. The number of hydrogen-bond donors (Lipinski definition) is 5. The fraction of sp³-hybridized carbons (Fsp3) is 0.318. The summed E-state index contributed by atoms with van der Waals surface area (Å²) in [4.78, 5) is 38.8. The van der Waals surface area contributed by atoms with E-state index in [0.29, 0.717) is 0 Å². The normalized spacial score (nSPS) is 24.3. The van der Waals surface area contributed by atoms with Gasteiger partial charge in [-0.2, -0.15) is 0 Å². The second kappa shape index (κ2) is 6.79. The zero-order chi connectivity index (χ0) is 22.8. The lowest BCUT2D eigenvalue weighted by molar-refractivity contribution is -0.153. The zero-order valence-corrected chi connectivity index (χ0v) is 16.7. The van der Waals surface area contributed by atoms with Crippen molar-refractivity contribution in [1.82, 2.24) is 0 Å². The molecule has 0 heterocycles. The quantitative estimate of drug-likeness (QED) is 0.300. The summed E-state index contributed by atoms with van der Waals surface area (Å²) >= 11 is 0. The molecule has 3 atom stereocenters. The van der Waals surface area contributed by atoms with E-state index < -0.39 is 63.5 Å². The molecule has 2 aliphatic rings. The Kier molecular flexibility index (Phi) is 4.56. The number of fused-ring (bicyclic) bond motifs is 3. The molecule has 2 aliphatic carbocycles. The lowest BCUT2D eigenvalue weighted by Gasteiger charge is -2.42. The standard InChI is InChI=1S/C22H20O9/c1-3-22(30)7-10(24)12-13(16(22)21(29)31-2)20(28)14-15(19(12)27)18(26)11-8(17(14)25)5-4-6-9(11)23/h4-6,10,16,23-24,27-28,30H,3,7H2,1-2H3/t10-,16+,22+/m0/s1. The highest BCUT2D eigenvalue weighted by molar-refractivity contribution is 6.31. The van der Waals surface area contributed by atoms with Crippen LogP contribution in [0.4, 0.5) is 0 Å². The number of esters is 1. The summed E-state index contributed by atoms with van der Waals surface area (Å²) in [6.07, 6.45) is -1.94. The lowest BCUT2D eigenvalue weighted by atomic mass is 9.66. The van der Waals surface area contributed by atoms with E-state index in [9.17, 15) is 39.9 Å². The molecule has 2 aromatic rings. The van der Waals surface area contributed by atoms with Gasteiger partial charge in [-0.3, -0.25) is 14.4 Å². The number of rotatable bonds is 2. The molecule has 0 radical (unpaired) electrons. The van der Waals surface area contributed by atoms with Gasteiger partial charge < -0.3 is 30.3 Å². The monoisotopic (exact) mass is 428 g/mol. The number of benzene rings is 2. The number of methoxy groups -OCH3 is 1. The van der Waals surface area contributed by atoms with Gasteiger partial charge in [0.15, 0.2) is 5.78 Å². The number of aliphatic hydroxyl groups is 2. The topological polar surface area (TPSA) is 162 Å². The molecule has 5 N–H and O–H groups in total. The molecule has 9 nitrogen and oxygen atoms in total. The van der Waals surface area contributed by atoms with Crippen molar-refractivity contribution in [1.29, 1.82) is 0 Å². The van der Waals surface area contributed by atoms with Gasteiger partial charge in [-0.15, -0.1) is 0 Å². The van der Waals surface area contributed by atoms with Crippen LogP contribution in [-0.4, -0.2) is 55.8 Å². The smallest absolute Gasteiger partial charge is 0.316 e. The third kappa shape index (κ3) is 2.60. The molecule has 4 rings (SSSR count). The van der Waals surface area contributed by atoms with Gasteiger partial charge >= 0.3 is 5.97 Å². The molecule has 0 aliphatic heterocycles. The first-order valence-electron chi connectivity index (χ1n) is 9.60. The Labute approximate surface area is 176 Å². The molecule has 0 saturated heterocycles. The first-order chi connectivity index (χ1) is 14.6. The van der Waals surface area contributed by atoms with Crippen LogP contribution < -0.4 is 0 Å². The van der Waals surface area contributed by atoms with Gasteiger partial charge in [-0.25, -0.2) is 0 Å². The Balaban J connectivity index is 2.11. The van der Waals surface area contributed by atoms with Crippen LogP contribution in [0.3, 0.4) is 0 Å². The van der Waals surface area contributed by atoms with Crippen molar-refractivity contribution in [2.24, 2.45) is 0 Å². The molecule has 0 fully saturated rings. The fourth-order valence-corrected chi connectivity index (χ4v) is 4.69. The highest BCUT2D eigenvalue weighted by Crippen LogP contribution is 2.56. The fourth-order valence-electron chi connectivity index (χ4n) is 4.69. The van der Waals surface area contributed by atoms with Crippen molar-refractivity contribution in [3.8, 4) is 17.2 Å². The van der Waals surface area contributed by atoms with Crippen LogP contribution in [0.15, 0.2) is 18.2 Å². The second-order valence-electron chi connectivity index (χ2n) is 7.77. The minimum absolute atomic E-state index is 0.00979. The lowest BCUT2D eigenvalue weighted by Crippen LogP contribution is -2.46. The van der Waals surface area contributed by atoms with E-state index in [1.807, 2.05) is 0 Å². The van der Waals surface area contributed by atoms with Gasteiger partial charge in [0.2, 0.25) is 5.78 Å². The molecule has 0 saturated carbocycles. The summed E-state index contributed by atoms with van der Waals surface area (Å²) in [5.41, 5.74) is -4.23. The Morgan fingerprint density at radius 2 is 1.68 bits per heavy atom. The van der Waals surface area contributed by atoms with Gasteiger partial charge in [-0.05, 0) is 12.5 Å². The summed E-state index contributed by atoms with van der Waals surface area (Å²) in [7, 11) is 1.08. The van der Waals surface area contributed by atoms with E-state index in [-0.39, 0.29) is 35.1 Å². The summed E-state index contributed by atoms with van der Waals surface area (Å²) < 4.78 is 4.78. The average molecular weight is 428 g/mol. The van der Waals surface area contributed by atoms with E-state index in [4.69, 9.17) is 4.74 Å². The number of phenolic OH excluding ortho intramolecular Hbond substituents is 3. The first kappa shape index (κ1) is 20.8. The van der Waals surface area contributed by atoms with E-state index in [1.54, 1.807) is 6.92 Å². The summed E-state index contributed by atoms with van der Waals surface area (Å²) in [5, 5.41) is 53.8. The number of ether oxygens (including phenoxy) is 1. The highest BCUT2D eigenvalue weighted by Gasteiger charge is 2.53. The minimum Gasteiger partial charge on any atom is -0.507 e. The van der Waals surface area contributed by atoms with Gasteiger partial charge in [0.25, 0.3) is 0 Å². The molecule has 0 aromatic heterocycles. The number of carbonyl (C=O) groups is 3. The Morgan fingerprint density at radius 1 is 1.06 bits per heavy atom. The molecule has 31 heavy (non-hydrogen) atoms. The maximum absolute atomic E-state index is 13.1. The number of phenols is 3. The second-order valence-corrected chi connectivity index (χ2v) is 7.77.